The number of thiophene rings is 1. The topological polar surface area (TPSA) is 95.6 Å². The highest BCUT2D eigenvalue weighted by atomic mass is 32.2. The van der Waals surface area contributed by atoms with Crippen molar-refractivity contribution in [2.75, 3.05) is 25.5 Å². The molecule has 0 saturated heterocycles. The van der Waals surface area contributed by atoms with Crippen molar-refractivity contribution in [3.05, 3.63) is 46.8 Å². The lowest BCUT2D eigenvalue weighted by atomic mass is 10.2. The first-order valence-electron chi connectivity index (χ1n) is 9.06. The highest BCUT2D eigenvalue weighted by molar-refractivity contribution is 7.89. The molecule has 2 rings (SSSR count). The molecule has 1 aromatic heterocycles. The molecule has 0 unspecified atom stereocenters. The third-order valence-corrected chi connectivity index (χ3v) is 7.05. The van der Waals surface area contributed by atoms with E-state index in [1.165, 1.54) is 47.0 Å². The highest BCUT2D eigenvalue weighted by Crippen LogP contribution is 2.24. The molecule has 0 bridgehead atoms. The van der Waals surface area contributed by atoms with E-state index in [2.05, 4.69) is 10.6 Å². The van der Waals surface area contributed by atoms with Crippen LogP contribution in [0.5, 0.6) is 0 Å². The van der Waals surface area contributed by atoms with Crippen LogP contribution in [0.3, 0.4) is 0 Å². The minimum absolute atomic E-state index is 0.157. The number of anilines is 1. The van der Waals surface area contributed by atoms with Crippen LogP contribution in [0.25, 0.3) is 0 Å². The Morgan fingerprint density at radius 3 is 2.32 bits per heavy atom. The van der Waals surface area contributed by atoms with Gasteiger partial charge < -0.3 is 10.6 Å². The van der Waals surface area contributed by atoms with Crippen LogP contribution in [0, 0.1) is 0 Å². The molecule has 0 atom stereocenters. The predicted molar refractivity (Wildman–Crippen MR) is 111 cm³/mol. The zero-order chi connectivity index (χ0) is 20.7. The number of rotatable bonds is 9. The summed E-state index contributed by atoms with van der Waals surface area (Å²) in [6, 6.07) is 7.45. The molecule has 152 valence electrons. The van der Waals surface area contributed by atoms with Gasteiger partial charge in [0, 0.05) is 25.7 Å². The number of hydrogen-bond donors (Lipinski definition) is 2. The van der Waals surface area contributed by atoms with Crippen molar-refractivity contribution < 1.29 is 18.0 Å². The van der Waals surface area contributed by atoms with Crippen LogP contribution in [0.15, 0.2) is 40.6 Å². The standard InChI is InChI=1S/C19H25N3O4S2/c1-4-6-12-22(5-2)28(25,26)15-9-7-14(8-10-15)17(23)21-19-16(11-13-27-19)18(24)20-3/h7-11,13H,4-6,12H2,1-3H3,(H,20,24)(H,21,23). The molecule has 0 spiro atoms. The number of amides is 2. The maximum absolute atomic E-state index is 12.7. The first-order chi connectivity index (χ1) is 13.3. The van der Waals surface area contributed by atoms with Crippen LogP contribution in [0.2, 0.25) is 0 Å². The second kappa shape index (κ2) is 9.81. The van der Waals surface area contributed by atoms with Crippen LogP contribution < -0.4 is 10.6 Å². The normalized spacial score (nSPS) is 11.4. The molecule has 0 radical (unpaired) electrons. The van der Waals surface area contributed by atoms with Gasteiger partial charge in [0.05, 0.1) is 10.5 Å². The fourth-order valence-corrected chi connectivity index (χ4v) is 4.87. The van der Waals surface area contributed by atoms with Gasteiger partial charge in [-0.05, 0) is 42.1 Å². The second-order valence-corrected chi connectivity index (χ2v) is 8.93. The maximum atomic E-state index is 12.7. The molecular weight excluding hydrogens is 398 g/mol. The molecule has 9 heteroatoms. The predicted octanol–water partition coefficient (Wildman–Crippen LogP) is 3.17. The number of sulfonamides is 1. The Balaban J connectivity index is 2.17. The van der Waals surface area contributed by atoms with E-state index in [9.17, 15) is 18.0 Å². The first-order valence-corrected chi connectivity index (χ1v) is 11.4. The molecular formula is C19H25N3O4S2. The summed E-state index contributed by atoms with van der Waals surface area (Å²) in [5, 5.41) is 7.38. The van der Waals surface area contributed by atoms with Crippen molar-refractivity contribution in [3.63, 3.8) is 0 Å². The Kier molecular flexibility index (Phi) is 7.73. The Morgan fingerprint density at radius 2 is 1.75 bits per heavy atom. The summed E-state index contributed by atoms with van der Waals surface area (Å²) in [5.41, 5.74) is 0.696. The molecule has 1 heterocycles. The van der Waals surface area contributed by atoms with Gasteiger partial charge in [0.2, 0.25) is 10.0 Å². The Morgan fingerprint density at radius 1 is 1.07 bits per heavy atom. The van der Waals surface area contributed by atoms with Crippen LogP contribution in [0.4, 0.5) is 5.00 Å². The first kappa shape index (κ1) is 22.1. The number of unbranched alkanes of at least 4 members (excludes halogenated alkanes) is 1. The number of benzene rings is 1. The molecule has 2 amide bonds. The number of carbonyl (C=O) groups excluding carboxylic acids is 2. The van der Waals surface area contributed by atoms with Crippen LogP contribution in [-0.4, -0.2) is 44.7 Å². The largest absolute Gasteiger partial charge is 0.355 e. The summed E-state index contributed by atoms with van der Waals surface area (Å²) in [6.07, 6.45) is 1.70. The van der Waals surface area contributed by atoms with Crippen molar-refractivity contribution in [2.24, 2.45) is 0 Å². The van der Waals surface area contributed by atoms with Gasteiger partial charge in [0.15, 0.2) is 0 Å². The molecule has 2 aromatic rings. The van der Waals surface area contributed by atoms with Gasteiger partial charge in [0.1, 0.15) is 5.00 Å². The van der Waals surface area contributed by atoms with E-state index in [1.807, 2.05) is 6.92 Å². The lowest BCUT2D eigenvalue weighted by Crippen LogP contribution is -2.31. The van der Waals surface area contributed by atoms with Gasteiger partial charge in [-0.2, -0.15) is 4.31 Å². The zero-order valence-electron chi connectivity index (χ0n) is 16.2. The van der Waals surface area contributed by atoms with E-state index in [0.29, 0.717) is 29.2 Å². The SMILES string of the molecule is CCCCN(CC)S(=O)(=O)c1ccc(C(=O)Nc2sccc2C(=O)NC)cc1. The summed E-state index contributed by atoms with van der Waals surface area (Å²) in [6.45, 7) is 4.68. The van der Waals surface area contributed by atoms with Crippen molar-refractivity contribution >= 4 is 38.2 Å². The molecule has 0 fully saturated rings. The van der Waals surface area contributed by atoms with Gasteiger partial charge in [0.25, 0.3) is 11.8 Å². The average molecular weight is 424 g/mol. The van der Waals surface area contributed by atoms with Crippen LogP contribution in [-0.2, 0) is 10.0 Å². The summed E-state index contributed by atoms with van der Waals surface area (Å²) in [5.74, 6) is -0.695. The lowest BCUT2D eigenvalue weighted by molar-refractivity contribution is 0.0964. The fourth-order valence-electron chi connectivity index (χ4n) is 2.60. The maximum Gasteiger partial charge on any atom is 0.256 e. The van der Waals surface area contributed by atoms with Gasteiger partial charge in [-0.15, -0.1) is 11.3 Å². The molecule has 0 saturated carbocycles. The van der Waals surface area contributed by atoms with Crippen molar-refractivity contribution in [2.45, 2.75) is 31.6 Å². The summed E-state index contributed by atoms with van der Waals surface area (Å²) in [7, 11) is -2.07. The van der Waals surface area contributed by atoms with Gasteiger partial charge >= 0.3 is 0 Å². The minimum Gasteiger partial charge on any atom is -0.355 e. The molecule has 28 heavy (non-hydrogen) atoms. The minimum atomic E-state index is -3.59. The monoisotopic (exact) mass is 423 g/mol. The van der Waals surface area contributed by atoms with Crippen molar-refractivity contribution in [3.8, 4) is 0 Å². The zero-order valence-corrected chi connectivity index (χ0v) is 17.8. The fraction of sp³-hybridized carbons (Fsp3) is 0.368. The average Bonchev–Trinajstić information content (AvgIpc) is 3.16. The van der Waals surface area contributed by atoms with Gasteiger partial charge in [-0.1, -0.05) is 20.3 Å². The van der Waals surface area contributed by atoms with E-state index in [4.69, 9.17) is 0 Å². The molecule has 0 aliphatic heterocycles. The molecule has 0 aliphatic rings. The molecule has 7 nitrogen and oxygen atoms in total. The smallest absolute Gasteiger partial charge is 0.256 e. The molecule has 2 N–H and O–H groups in total. The Labute approximate surface area is 169 Å². The quantitative estimate of drug-likeness (QED) is 0.648. The number of nitrogens with one attached hydrogen (secondary N) is 2. The molecule has 1 aromatic carbocycles. The van der Waals surface area contributed by atoms with Gasteiger partial charge in [-0.3, -0.25) is 9.59 Å². The lowest BCUT2D eigenvalue weighted by Gasteiger charge is -2.20. The summed E-state index contributed by atoms with van der Waals surface area (Å²) in [4.78, 5) is 24.4. The molecule has 0 aliphatic carbocycles. The van der Waals surface area contributed by atoms with E-state index >= 15 is 0 Å². The van der Waals surface area contributed by atoms with E-state index < -0.39 is 15.9 Å². The number of carbonyl (C=O) groups is 2. The summed E-state index contributed by atoms with van der Waals surface area (Å²) < 4.78 is 26.9. The third-order valence-electron chi connectivity index (χ3n) is 4.23. The number of hydrogen-bond acceptors (Lipinski definition) is 5. The second-order valence-electron chi connectivity index (χ2n) is 6.07. The van der Waals surface area contributed by atoms with E-state index in [1.54, 1.807) is 18.4 Å². The number of nitrogens with zero attached hydrogens (tertiary/aromatic N) is 1. The van der Waals surface area contributed by atoms with Crippen molar-refractivity contribution in [1.29, 1.82) is 0 Å². The third kappa shape index (κ3) is 4.98. The van der Waals surface area contributed by atoms with E-state index in [-0.39, 0.29) is 10.8 Å². The Bertz CT molecular complexity index is 921. The van der Waals surface area contributed by atoms with Gasteiger partial charge in [-0.25, -0.2) is 8.42 Å². The Hall–Kier alpha value is -2.23. The highest BCUT2D eigenvalue weighted by Gasteiger charge is 2.23. The van der Waals surface area contributed by atoms with Crippen LogP contribution in [0.1, 0.15) is 47.4 Å². The van der Waals surface area contributed by atoms with E-state index in [0.717, 1.165) is 12.8 Å². The van der Waals surface area contributed by atoms with Crippen molar-refractivity contribution in [1.82, 2.24) is 9.62 Å². The van der Waals surface area contributed by atoms with Crippen LogP contribution >= 0.6 is 11.3 Å². The summed E-state index contributed by atoms with van der Waals surface area (Å²) >= 11 is 1.24.